The Balaban J connectivity index is 1.87. The minimum Gasteiger partial charge on any atom is -0.481 e. The fourth-order valence-corrected chi connectivity index (χ4v) is 1.80. The second kappa shape index (κ2) is 7.95. The maximum absolute atomic E-state index is 11.3. The van der Waals surface area contributed by atoms with Crippen molar-refractivity contribution in [2.45, 2.75) is 45.4 Å². The lowest BCUT2D eigenvalue weighted by Gasteiger charge is -2.08. The molecule has 0 aromatic carbocycles. The average Bonchev–Trinajstić information content (AvgIpc) is 3.13. The zero-order valence-corrected chi connectivity index (χ0v) is 11.1. The Bertz CT molecular complexity index is 277. The number of carboxylic acid groups (broad SMARTS) is 1. The van der Waals surface area contributed by atoms with E-state index in [-0.39, 0.29) is 11.9 Å². The van der Waals surface area contributed by atoms with Crippen molar-refractivity contribution in [3.8, 4) is 0 Å². The van der Waals surface area contributed by atoms with Crippen molar-refractivity contribution in [2.24, 2.45) is 11.8 Å². The molecule has 0 aliphatic heterocycles. The molecule has 0 radical (unpaired) electrons. The van der Waals surface area contributed by atoms with Crippen molar-refractivity contribution in [3.63, 3.8) is 0 Å². The van der Waals surface area contributed by atoms with Gasteiger partial charge in [-0.2, -0.15) is 0 Å². The highest BCUT2D eigenvalue weighted by molar-refractivity contribution is 5.73. The number of aliphatic carboxylic acids is 1. The summed E-state index contributed by atoms with van der Waals surface area (Å²) in [7, 11) is 0. The van der Waals surface area contributed by atoms with Gasteiger partial charge in [0.15, 0.2) is 0 Å². The molecule has 1 atom stereocenters. The van der Waals surface area contributed by atoms with Crippen LogP contribution in [-0.2, 0) is 4.79 Å². The molecule has 0 saturated heterocycles. The minimum atomic E-state index is -0.778. The van der Waals surface area contributed by atoms with Crippen molar-refractivity contribution in [3.05, 3.63) is 0 Å². The van der Waals surface area contributed by atoms with Crippen molar-refractivity contribution in [2.75, 3.05) is 13.1 Å². The molecule has 1 saturated carbocycles. The van der Waals surface area contributed by atoms with E-state index < -0.39 is 5.97 Å². The van der Waals surface area contributed by atoms with Gasteiger partial charge in [0, 0.05) is 13.1 Å². The number of rotatable bonds is 9. The third-order valence-corrected chi connectivity index (χ3v) is 3.29. The van der Waals surface area contributed by atoms with Crippen molar-refractivity contribution in [1.29, 1.82) is 0 Å². The molecule has 5 nitrogen and oxygen atoms in total. The van der Waals surface area contributed by atoms with Gasteiger partial charge in [0.05, 0.1) is 5.92 Å². The SMILES string of the molecule is CC(CCCNC(=O)NCCCC1CC1)C(=O)O. The fourth-order valence-electron chi connectivity index (χ4n) is 1.80. The molecule has 1 aliphatic carbocycles. The lowest BCUT2D eigenvalue weighted by molar-refractivity contribution is -0.141. The van der Waals surface area contributed by atoms with Crippen molar-refractivity contribution in [1.82, 2.24) is 10.6 Å². The average molecular weight is 256 g/mol. The van der Waals surface area contributed by atoms with Gasteiger partial charge in [-0.1, -0.05) is 19.8 Å². The second-order valence-electron chi connectivity index (χ2n) is 5.15. The second-order valence-corrected chi connectivity index (χ2v) is 5.15. The zero-order chi connectivity index (χ0) is 13.4. The van der Waals surface area contributed by atoms with Crippen LogP contribution >= 0.6 is 0 Å². The van der Waals surface area contributed by atoms with Crippen LogP contribution in [0, 0.1) is 11.8 Å². The van der Waals surface area contributed by atoms with Gasteiger partial charge in [-0.25, -0.2) is 4.79 Å². The third kappa shape index (κ3) is 7.14. The molecule has 2 amide bonds. The summed E-state index contributed by atoms with van der Waals surface area (Å²) in [6, 6.07) is -0.145. The van der Waals surface area contributed by atoms with Gasteiger partial charge in [0.25, 0.3) is 0 Å². The Morgan fingerprint density at radius 1 is 1.22 bits per heavy atom. The minimum absolute atomic E-state index is 0.145. The number of hydrogen-bond acceptors (Lipinski definition) is 2. The van der Waals surface area contributed by atoms with Crippen LogP contribution in [0.15, 0.2) is 0 Å². The Kier molecular flexibility index (Phi) is 6.54. The molecule has 1 aliphatic rings. The quantitative estimate of drug-likeness (QED) is 0.552. The molecule has 1 unspecified atom stereocenters. The largest absolute Gasteiger partial charge is 0.481 e. The first-order chi connectivity index (χ1) is 8.59. The lowest BCUT2D eigenvalue weighted by atomic mass is 10.1. The van der Waals surface area contributed by atoms with Gasteiger partial charge in [0.1, 0.15) is 0 Å². The van der Waals surface area contributed by atoms with E-state index >= 15 is 0 Å². The van der Waals surface area contributed by atoms with Crippen LogP contribution in [0.1, 0.15) is 45.4 Å². The predicted molar refractivity (Wildman–Crippen MR) is 69.4 cm³/mol. The van der Waals surface area contributed by atoms with E-state index in [0.717, 1.165) is 18.9 Å². The molecule has 3 N–H and O–H groups in total. The molecular formula is C13H24N2O3. The number of carbonyl (C=O) groups is 2. The highest BCUT2D eigenvalue weighted by Gasteiger charge is 2.20. The number of amides is 2. The summed E-state index contributed by atoms with van der Waals surface area (Å²) in [4.78, 5) is 21.9. The van der Waals surface area contributed by atoms with Crippen LogP contribution in [0.4, 0.5) is 4.79 Å². The van der Waals surface area contributed by atoms with Crippen LogP contribution in [-0.4, -0.2) is 30.2 Å². The molecule has 1 fully saturated rings. The van der Waals surface area contributed by atoms with E-state index in [1.165, 1.54) is 19.3 Å². The van der Waals surface area contributed by atoms with Gasteiger partial charge in [-0.3, -0.25) is 4.79 Å². The highest BCUT2D eigenvalue weighted by Crippen LogP contribution is 2.33. The van der Waals surface area contributed by atoms with E-state index in [2.05, 4.69) is 10.6 Å². The first-order valence-electron chi connectivity index (χ1n) is 6.84. The standard InChI is InChI=1S/C13H24N2O3/c1-10(12(16)17)4-2-8-14-13(18)15-9-3-5-11-6-7-11/h10-11H,2-9H2,1H3,(H,16,17)(H2,14,15,18). The molecular weight excluding hydrogens is 232 g/mol. The molecule has 0 aromatic rings. The monoisotopic (exact) mass is 256 g/mol. The van der Waals surface area contributed by atoms with E-state index in [1.807, 2.05) is 0 Å². The molecule has 0 heterocycles. The zero-order valence-electron chi connectivity index (χ0n) is 11.1. The molecule has 0 spiro atoms. The summed E-state index contributed by atoms with van der Waals surface area (Å²) in [6.45, 7) is 2.94. The van der Waals surface area contributed by atoms with Crippen molar-refractivity contribution < 1.29 is 14.7 Å². The Hall–Kier alpha value is -1.26. The molecule has 1 rings (SSSR count). The number of urea groups is 1. The van der Waals surface area contributed by atoms with Gasteiger partial charge >= 0.3 is 12.0 Å². The Labute approximate surface area is 108 Å². The summed E-state index contributed by atoms with van der Waals surface area (Å²) < 4.78 is 0. The lowest BCUT2D eigenvalue weighted by Crippen LogP contribution is -2.36. The summed E-state index contributed by atoms with van der Waals surface area (Å²) in [5.41, 5.74) is 0. The third-order valence-electron chi connectivity index (χ3n) is 3.29. The molecule has 5 heteroatoms. The van der Waals surface area contributed by atoms with E-state index in [1.54, 1.807) is 6.92 Å². The highest BCUT2D eigenvalue weighted by atomic mass is 16.4. The number of carbonyl (C=O) groups excluding carboxylic acids is 1. The Morgan fingerprint density at radius 3 is 2.39 bits per heavy atom. The van der Waals surface area contributed by atoms with Gasteiger partial charge < -0.3 is 15.7 Å². The van der Waals surface area contributed by atoms with Crippen LogP contribution in [0.5, 0.6) is 0 Å². The maximum Gasteiger partial charge on any atom is 0.314 e. The van der Waals surface area contributed by atoms with Crippen LogP contribution < -0.4 is 10.6 Å². The molecule has 0 bridgehead atoms. The summed E-state index contributed by atoms with van der Waals surface area (Å²) in [6.07, 6.45) is 6.27. The van der Waals surface area contributed by atoms with Gasteiger partial charge in [-0.15, -0.1) is 0 Å². The smallest absolute Gasteiger partial charge is 0.314 e. The Morgan fingerprint density at radius 2 is 1.83 bits per heavy atom. The maximum atomic E-state index is 11.3. The summed E-state index contributed by atoms with van der Waals surface area (Å²) >= 11 is 0. The fraction of sp³-hybridized carbons (Fsp3) is 0.846. The number of nitrogens with one attached hydrogen (secondary N) is 2. The van der Waals surface area contributed by atoms with Crippen LogP contribution in [0.2, 0.25) is 0 Å². The first kappa shape index (κ1) is 14.8. The van der Waals surface area contributed by atoms with E-state index in [0.29, 0.717) is 19.4 Å². The molecule has 0 aromatic heterocycles. The van der Waals surface area contributed by atoms with E-state index in [4.69, 9.17) is 5.11 Å². The number of carboxylic acids is 1. The van der Waals surface area contributed by atoms with E-state index in [9.17, 15) is 9.59 Å². The normalized spacial score (nSPS) is 16.1. The molecule has 18 heavy (non-hydrogen) atoms. The topological polar surface area (TPSA) is 78.4 Å². The van der Waals surface area contributed by atoms with Crippen molar-refractivity contribution >= 4 is 12.0 Å². The van der Waals surface area contributed by atoms with Gasteiger partial charge in [-0.05, 0) is 31.6 Å². The van der Waals surface area contributed by atoms with Crippen LogP contribution in [0.3, 0.4) is 0 Å². The first-order valence-corrected chi connectivity index (χ1v) is 6.84. The van der Waals surface area contributed by atoms with Crippen LogP contribution in [0.25, 0.3) is 0 Å². The summed E-state index contributed by atoms with van der Waals surface area (Å²) in [5, 5.41) is 14.2. The number of hydrogen-bond donors (Lipinski definition) is 3. The molecule has 104 valence electrons. The summed E-state index contributed by atoms with van der Waals surface area (Å²) in [5.74, 6) is -0.208. The van der Waals surface area contributed by atoms with Gasteiger partial charge in [0.2, 0.25) is 0 Å². The predicted octanol–water partition coefficient (Wildman–Crippen LogP) is 1.98.